The number of rotatable bonds is 2. The van der Waals surface area contributed by atoms with E-state index in [2.05, 4.69) is 13.0 Å². The quantitative estimate of drug-likeness (QED) is 0.724. The average molecular weight is 189 g/mol. The molecule has 1 aromatic rings. The van der Waals surface area contributed by atoms with Crippen molar-refractivity contribution in [2.75, 3.05) is 0 Å². The van der Waals surface area contributed by atoms with E-state index < -0.39 is 0 Å². The SMILES string of the molecule is Cc1cc(C=O)c(C2(N)CC2)cc1C. The molecule has 1 aliphatic rings. The Labute approximate surface area is 84.1 Å². The lowest BCUT2D eigenvalue weighted by molar-refractivity contribution is 0.112. The summed E-state index contributed by atoms with van der Waals surface area (Å²) in [6, 6.07) is 4.00. The molecule has 2 heteroatoms. The Bertz CT molecular complexity index is 392. The van der Waals surface area contributed by atoms with Crippen LogP contribution < -0.4 is 5.73 Å². The lowest BCUT2D eigenvalue weighted by Crippen LogP contribution is -2.21. The second-order valence-corrected chi connectivity index (χ2v) is 4.30. The smallest absolute Gasteiger partial charge is 0.150 e. The predicted octanol–water partition coefficient (Wildman–Crippen LogP) is 2.06. The minimum absolute atomic E-state index is 0.214. The minimum Gasteiger partial charge on any atom is -0.321 e. The van der Waals surface area contributed by atoms with E-state index >= 15 is 0 Å². The van der Waals surface area contributed by atoms with Gasteiger partial charge < -0.3 is 5.73 Å². The van der Waals surface area contributed by atoms with E-state index in [0.29, 0.717) is 0 Å². The summed E-state index contributed by atoms with van der Waals surface area (Å²) < 4.78 is 0. The Kier molecular flexibility index (Phi) is 1.96. The van der Waals surface area contributed by atoms with Gasteiger partial charge in [0, 0.05) is 11.1 Å². The van der Waals surface area contributed by atoms with Crippen molar-refractivity contribution in [1.29, 1.82) is 0 Å². The van der Waals surface area contributed by atoms with Crippen LogP contribution in [-0.4, -0.2) is 6.29 Å². The molecule has 0 aromatic heterocycles. The van der Waals surface area contributed by atoms with Gasteiger partial charge >= 0.3 is 0 Å². The Morgan fingerprint density at radius 2 is 1.86 bits per heavy atom. The number of aldehydes is 1. The van der Waals surface area contributed by atoms with Crippen LogP contribution in [-0.2, 0) is 5.54 Å². The minimum atomic E-state index is -0.214. The van der Waals surface area contributed by atoms with E-state index in [9.17, 15) is 4.79 Å². The van der Waals surface area contributed by atoms with Crippen LogP contribution in [0.2, 0.25) is 0 Å². The average Bonchev–Trinajstić information content (AvgIpc) is 2.89. The van der Waals surface area contributed by atoms with Gasteiger partial charge in [-0.05, 0) is 49.4 Å². The maximum atomic E-state index is 10.9. The molecule has 0 amide bonds. The van der Waals surface area contributed by atoms with Crippen molar-refractivity contribution in [1.82, 2.24) is 0 Å². The van der Waals surface area contributed by atoms with Crippen LogP contribution in [0.4, 0.5) is 0 Å². The van der Waals surface area contributed by atoms with Gasteiger partial charge in [0.25, 0.3) is 0 Å². The van der Waals surface area contributed by atoms with Crippen molar-refractivity contribution in [3.63, 3.8) is 0 Å². The fourth-order valence-electron chi connectivity index (χ4n) is 1.77. The van der Waals surface area contributed by atoms with Crippen molar-refractivity contribution >= 4 is 6.29 Å². The maximum absolute atomic E-state index is 10.9. The predicted molar refractivity (Wildman–Crippen MR) is 56.4 cm³/mol. The first-order valence-corrected chi connectivity index (χ1v) is 4.92. The molecule has 1 fully saturated rings. The second kappa shape index (κ2) is 2.92. The molecule has 0 saturated heterocycles. The summed E-state index contributed by atoms with van der Waals surface area (Å²) in [6.07, 6.45) is 2.90. The largest absolute Gasteiger partial charge is 0.321 e. The first-order valence-electron chi connectivity index (χ1n) is 4.92. The van der Waals surface area contributed by atoms with Gasteiger partial charge in [0.1, 0.15) is 6.29 Å². The number of carbonyl (C=O) groups is 1. The Morgan fingerprint density at radius 3 is 2.36 bits per heavy atom. The van der Waals surface area contributed by atoms with Crippen molar-refractivity contribution in [3.05, 3.63) is 34.4 Å². The zero-order valence-corrected chi connectivity index (χ0v) is 8.63. The van der Waals surface area contributed by atoms with Gasteiger partial charge in [-0.3, -0.25) is 4.79 Å². The highest BCUT2D eigenvalue weighted by Crippen LogP contribution is 2.44. The molecule has 0 atom stereocenters. The molecule has 1 aromatic carbocycles. The molecule has 2 nitrogen and oxygen atoms in total. The first-order chi connectivity index (χ1) is 6.57. The molecule has 0 heterocycles. The first kappa shape index (κ1) is 9.41. The molecule has 0 unspecified atom stereocenters. The summed E-state index contributed by atoms with van der Waals surface area (Å²) in [5.41, 5.74) is 10.0. The van der Waals surface area contributed by atoms with Crippen LogP contribution in [0.25, 0.3) is 0 Å². The highest BCUT2D eigenvalue weighted by molar-refractivity contribution is 5.79. The summed E-state index contributed by atoms with van der Waals surface area (Å²) in [6.45, 7) is 4.07. The molecule has 2 rings (SSSR count). The van der Waals surface area contributed by atoms with Gasteiger partial charge in [0.15, 0.2) is 0 Å². The molecule has 0 bridgehead atoms. The van der Waals surface area contributed by atoms with E-state index in [1.807, 2.05) is 13.0 Å². The third-order valence-electron chi connectivity index (χ3n) is 3.12. The lowest BCUT2D eigenvalue weighted by atomic mass is 9.94. The summed E-state index contributed by atoms with van der Waals surface area (Å²) in [4.78, 5) is 10.9. The molecule has 0 spiro atoms. The molecular weight excluding hydrogens is 174 g/mol. The monoisotopic (exact) mass is 189 g/mol. The molecule has 0 radical (unpaired) electrons. The van der Waals surface area contributed by atoms with Gasteiger partial charge in [-0.2, -0.15) is 0 Å². The number of aryl methyl sites for hydroxylation is 2. The van der Waals surface area contributed by atoms with Crippen molar-refractivity contribution in [2.24, 2.45) is 5.73 Å². The highest BCUT2D eigenvalue weighted by atomic mass is 16.1. The third-order valence-corrected chi connectivity index (χ3v) is 3.12. The number of benzene rings is 1. The third kappa shape index (κ3) is 1.36. The van der Waals surface area contributed by atoms with Gasteiger partial charge in [0.2, 0.25) is 0 Å². The van der Waals surface area contributed by atoms with Gasteiger partial charge in [-0.15, -0.1) is 0 Å². The van der Waals surface area contributed by atoms with Crippen LogP contribution in [0.3, 0.4) is 0 Å². The second-order valence-electron chi connectivity index (χ2n) is 4.30. The Hall–Kier alpha value is -1.15. The van der Waals surface area contributed by atoms with Crippen LogP contribution in [0.1, 0.15) is 39.9 Å². The zero-order valence-electron chi connectivity index (χ0n) is 8.63. The van der Waals surface area contributed by atoms with Crippen molar-refractivity contribution in [3.8, 4) is 0 Å². The maximum Gasteiger partial charge on any atom is 0.150 e. The number of nitrogens with two attached hydrogens (primary N) is 1. The van der Waals surface area contributed by atoms with Gasteiger partial charge in [0.05, 0.1) is 0 Å². The molecule has 2 N–H and O–H groups in total. The molecular formula is C12H15NO. The molecule has 1 aliphatic carbocycles. The summed E-state index contributed by atoms with van der Waals surface area (Å²) in [5.74, 6) is 0. The topological polar surface area (TPSA) is 43.1 Å². The van der Waals surface area contributed by atoms with Crippen molar-refractivity contribution < 1.29 is 4.79 Å². The number of hydrogen-bond donors (Lipinski definition) is 1. The molecule has 0 aliphatic heterocycles. The Morgan fingerprint density at radius 1 is 1.29 bits per heavy atom. The number of carbonyl (C=O) groups excluding carboxylic acids is 1. The van der Waals surface area contributed by atoms with E-state index in [1.54, 1.807) is 0 Å². The van der Waals surface area contributed by atoms with E-state index in [4.69, 9.17) is 5.73 Å². The number of hydrogen-bond acceptors (Lipinski definition) is 2. The molecule has 74 valence electrons. The zero-order chi connectivity index (χ0) is 10.3. The Balaban J connectivity index is 2.58. The van der Waals surface area contributed by atoms with E-state index in [-0.39, 0.29) is 5.54 Å². The summed E-state index contributed by atoms with van der Waals surface area (Å²) >= 11 is 0. The van der Waals surface area contributed by atoms with Crippen LogP contribution in [0.5, 0.6) is 0 Å². The van der Waals surface area contributed by atoms with Crippen LogP contribution in [0, 0.1) is 13.8 Å². The molecule has 1 saturated carbocycles. The standard InChI is InChI=1S/C12H15NO/c1-8-5-10(7-14)11(6-9(8)2)12(13)3-4-12/h5-7H,3-4,13H2,1-2H3. The van der Waals surface area contributed by atoms with Gasteiger partial charge in [-0.25, -0.2) is 0 Å². The molecule has 14 heavy (non-hydrogen) atoms. The van der Waals surface area contributed by atoms with E-state index in [1.165, 1.54) is 5.56 Å². The fraction of sp³-hybridized carbons (Fsp3) is 0.417. The van der Waals surface area contributed by atoms with Crippen molar-refractivity contribution in [2.45, 2.75) is 32.2 Å². The summed E-state index contributed by atoms with van der Waals surface area (Å²) in [7, 11) is 0. The van der Waals surface area contributed by atoms with Crippen LogP contribution in [0.15, 0.2) is 12.1 Å². The normalized spacial score (nSPS) is 17.9. The highest BCUT2D eigenvalue weighted by Gasteiger charge is 2.41. The van der Waals surface area contributed by atoms with Crippen LogP contribution >= 0.6 is 0 Å². The summed E-state index contributed by atoms with van der Waals surface area (Å²) in [5, 5.41) is 0. The fourth-order valence-corrected chi connectivity index (χ4v) is 1.77. The lowest BCUT2D eigenvalue weighted by Gasteiger charge is -2.14. The van der Waals surface area contributed by atoms with E-state index in [0.717, 1.165) is 35.8 Å². The van der Waals surface area contributed by atoms with Gasteiger partial charge in [-0.1, -0.05) is 6.07 Å².